The molecule has 0 aliphatic carbocycles. The molecule has 0 bridgehead atoms. The molecule has 2 aliphatic rings. The Labute approximate surface area is 182 Å². The third-order valence-electron chi connectivity index (χ3n) is 5.10. The van der Waals surface area contributed by atoms with Gasteiger partial charge in [-0.15, -0.1) is 0 Å². The van der Waals surface area contributed by atoms with Gasteiger partial charge in [0, 0.05) is 13.2 Å². The lowest BCUT2D eigenvalue weighted by Crippen LogP contribution is -2.64. The zero-order valence-corrected chi connectivity index (χ0v) is 18.8. The van der Waals surface area contributed by atoms with Gasteiger partial charge in [0.15, 0.2) is 11.8 Å². The minimum Gasteiger partial charge on any atom is -0.491 e. The number of hydrogen-bond donors (Lipinski definition) is 1. The highest BCUT2D eigenvalue weighted by atomic mass is 32.2. The molecular formula is C20H29NO9S. The second-order valence-corrected chi connectivity index (χ2v) is 9.58. The Balaban J connectivity index is 1.85. The molecular weight excluding hydrogens is 430 g/mol. The van der Waals surface area contributed by atoms with E-state index in [-0.39, 0.29) is 11.4 Å². The number of rotatable bonds is 8. The van der Waals surface area contributed by atoms with Crippen molar-refractivity contribution in [2.45, 2.75) is 55.8 Å². The maximum Gasteiger partial charge on any atom is 0.327 e. The number of carbonyl (C=O) groups excluding carboxylic acids is 1. The van der Waals surface area contributed by atoms with Crippen LogP contribution >= 0.6 is 0 Å². The summed E-state index contributed by atoms with van der Waals surface area (Å²) in [6.45, 7) is 6.14. The molecule has 0 unspecified atom stereocenters. The van der Waals surface area contributed by atoms with E-state index in [0.717, 1.165) is 4.31 Å². The van der Waals surface area contributed by atoms with Crippen molar-refractivity contribution in [1.82, 2.24) is 4.31 Å². The highest BCUT2D eigenvalue weighted by Crippen LogP contribution is 2.39. The van der Waals surface area contributed by atoms with E-state index >= 15 is 0 Å². The van der Waals surface area contributed by atoms with Crippen LogP contribution in [-0.4, -0.2) is 87.4 Å². The second-order valence-electron chi connectivity index (χ2n) is 7.69. The standard InChI is InChI=1S/C20H29NO9S/c1-5-27-10-11-28-13-6-8-14(9-7-13)31(24,25)21-12-15(22)17-18(16(21)19(23)26-4)30-20(2,3)29-17/h6-9,15-18,22H,5,10-12H2,1-4H3/t15-,16+,17+,18+/m0/s1. The zero-order valence-electron chi connectivity index (χ0n) is 18.0. The van der Waals surface area contributed by atoms with E-state index in [1.165, 1.54) is 31.4 Å². The van der Waals surface area contributed by atoms with Crippen LogP contribution in [0.5, 0.6) is 5.75 Å². The number of aliphatic hydroxyl groups is 1. The molecule has 0 aromatic heterocycles. The Morgan fingerprint density at radius 2 is 1.84 bits per heavy atom. The summed E-state index contributed by atoms with van der Waals surface area (Å²) < 4.78 is 54.7. The van der Waals surface area contributed by atoms with Gasteiger partial charge in [-0.25, -0.2) is 8.42 Å². The Morgan fingerprint density at radius 3 is 2.45 bits per heavy atom. The first-order chi connectivity index (χ1) is 14.6. The number of carbonyl (C=O) groups is 1. The van der Waals surface area contributed by atoms with Crippen molar-refractivity contribution in [3.8, 4) is 5.75 Å². The van der Waals surface area contributed by atoms with Gasteiger partial charge < -0.3 is 28.8 Å². The predicted molar refractivity (Wildman–Crippen MR) is 108 cm³/mol. The highest BCUT2D eigenvalue weighted by Gasteiger charge is 2.58. The number of aliphatic hydroxyl groups excluding tert-OH is 1. The van der Waals surface area contributed by atoms with Crippen molar-refractivity contribution < 1.29 is 42.0 Å². The molecule has 174 valence electrons. The minimum absolute atomic E-state index is 0.0533. The van der Waals surface area contributed by atoms with Crippen LogP contribution < -0.4 is 4.74 Å². The van der Waals surface area contributed by atoms with E-state index in [1.807, 2.05) is 6.92 Å². The van der Waals surface area contributed by atoms with Gasteiger partial charge in [0.1, 0.15) is 24.6 Å². The van der Waals surface area contributed by atoms with E-state index < -0.39 is 46.1 Å². The van der Waals surface area contributed by atoms with Crippen LogP contribution in [0.1, 0.15) is 20.8 Å². The van der Waals surface area contributed by atoms with Crippen molar-refractivity contribution in [3.63, 3.8) is 0 Å². The van der Waals surface area contributed by atoms with Crippen LogP contribution in [0.3, 0.4) is 0 Å². The van der Waals surface area contributed by atoms with E-state index in [4.69, 9.17) is 23.7 Å². The van der Waals surface area contributed by atoms with Gasteiger partial charge in [-0.3, -0.25) is 4.79 Å². The molecule has 2 heterocycles. The quantitative estimate of drug-likeness (QED) is 0.438. The molecule has 11 heteroatoms. The van der Waals surface area contributed by atoms with Gasteiger partial charge in [0.25, 0.3) is 0 Å². The number of esters is 1. The normalized spacial score (nSPS) is 28.2. The number of β-amino-alcohol motifs (C(OH)–C–C–N with tert-alkyl or cyclic N) is 1. The molecule has 4 atom stereocenters. The van der Waals surface area contributed by atoms with Crippen LogP contribution in [0, 0.1) is 0 Å². The molecule has 31 heavy (non-hydrogen) atoms. The molecule has 0 saturated carbocycles. The summed E-state index contributed by atoms with van der Waals surface area (Å²) in [7, 11) is -3.00. The molecule has 0 spiro atoms. The topological polar surface area (TPSA) is 121 Å². The molecule has 2 saturated heterocycles. The molecule has 0 amide bonds. The summed E-state index contributed by atoms with van der Waals surface area (Å²) in [6.07, 6.45) is -3.04. The number of piperidine rings is 1. The summed E-state index contributed by atoms with van der Waals surface area (Å²) in [5, 5.41) is 10.6. The minimum atomic E-state index is -4.16. The molecule has 1 aromatic carbocycles. The molecule has 1 aromatic rings. The SMILES string of the molecule is CCOCCOc1ccc(S(=O)(=O)N2C[C@H](O)[C@H]3OC(C)(C)O[C@@H]3[C@@H]2C(=O)OC)cc1. The fourth-order valence-electron chi connectivity index (χ4n) is 3.75. The van der Waals surface area contributed by atoms with Gasteiger partial charge in [-0.1, -0.05) is 0 Å². The average molecular weight is 460 g/mol. The van der Waals surface area contributed by atoms with Gasteiger partial charge >= 0.3 is 5.97 Å². The van der Waals surface area contributed by atoms with E-state index in [0.29, 0.717) is 25.6 Å². The molecule has 0 radical (unpaired) electrons. The molecule has 1 N–H and O–H groups in total. The summed E-state index contributed by atoms with van der Waals surface area (Å²) in [5.74, 6) is -1.39. The van der Waals surface area contributed by atoms with E-state index in [2.05, 4.69) is 0 Å². The Morgan fingerprint density at radius 1 is 1.19 bits per heavy atom. The number of benzene rings is 1. The van der Waals surface area contributed by atoms with Gasteiger partial charge in [0.2, 0.25) is 10.0 Å². The smallest absolute Gasteiger partial charge is 0.327 e. The van der Waals surface area contributed by atoms with Crippen molar-refractivity contribution in [2.24, 2.45) is 0 Å². The van der Waals surface area contributed by atoms with Gasteiger partial charge in [0.05, 0.1) is 24.7 Å². The van der Waals surface area contributed by atoms with Crippen molar-refractivity contribution in [1.29, 1.82) is 0 Å². The number of fused-ring (bicyclic) bond motifs is 1. The maximum absolute atomic E-state index is 13.4. The first-order valence-corrected chi connectivity index (χ1v) is 11.5. The van der Waals surface area contributed by atoms with E-state index in [1.54, 1.807) is 13.8 Å². The molecule has 2 aliphatic heterocycles. The molecule has 10 nitrogen and oxygen atoms in total. The van der Waals surface area contributed by atoms with Crippen LogP contribution in [0.2, 0.25) is 0 Å². The van der Waals surface area contributed by atoms with Crippen molar-refractivity contribution >= 4 is 16.0 Å². The number of ether oxygens (including phenoxy) is 5. The summed E-state index contributed by atoms with van der Waals surface area (Å²) >= 11 is 0. The monoisotopic (exact) mass is 459 g/mol. The first-order valence-electron chi connectivity index (χ1n) is 10.0. The van der Waals surface area contributed by atoms with Gasteiger partial charge in [-0.05, 0) is 45.0 Å². The largest absolute Gasteiger partial charge is 0.491 e. The molecule has 2 fully saturated rings. The lowest BCUT2D eigenvalue weighted by atomic mass is 9.96. The maximum atomic E-state index is 13.4. The Hall–Kier alpha value is -1.76. The highest BCUT2D eigenvalue weighted by molar-refractivity contribution is 7.89. The van der Waals surface area contributed by atoms with Crippen LogP contribution in [0.25, 0.3) is 0 Å². The summed E-state index contributed by atoms with van der Waals surface area (Å²) in [6, 6.07) is 4.51. The number of sulfonamides is 1. The Kier molecular flexibility index (Phi) is 7.24. The third-order valence-corrected chi connectivity index (χ3v) is 6.97. The van der Waals surface area contributed by atoms with Crippen molar-refractivity contribution in [3.05, 3.63) is 24.3 Å². The first kappa shape index (κ1) is 23.9. The van der Waals surface area contributed by atoms with E-state index in [9.17, 15) is 18.3 Å². The van der Waals surface area contributed by atoms with Gasteiger partial charge in [-0.2, -0.15) is 4.31 Å². The fourth-order valence-corrected chi connectivity index (χ4v) is 5.36. The van der Waals surface area contributed by atoms with Crippen LogP contribution in [0.4, 0.5) is 0 Å². The third kappa shape index (κ3) is 5.02. The number of methoxy groups -OCH3 is 1. The second kappa shape index (κ2) is 9.39. The van der Waals surface area contributed by atoms with Crippen molar-refractivity contribution in [2.75, 3.05) is 33.5 Å². The fraction of sp³-hybridized carbons (Fsp3) is 0.650. The lowest BCUT2D eigenvalue weighted by Gasteiger charge is -2.40. The van der Waals surface area contributed by atoms with Crippen LogP contribution in [0.15, 0.2) is 29.2 Å². The van der Waals surface area contributed by atoms with Crippen LogP contribution in [-0.2, 0) is 33.8 Å². The Bertz CT molecular complexity index is 871. The predicted octanol–water partition coefficient (Wildman–Crippen LogP) is 0.529. The average Bonchev–Trinajstić information content (AvgIpc) is 3.06. The zero-order chi connectivity index (χ0) is 22.8. The summed E-state index contributed by atoms with van der Waals surface area (Å²) in [4.78, 5) is 12.5. The summed E-state index contributed by atoms with van der Waals surface area (Å²) in [5.41, 5.74) is 0. The molecule has 3 rings (SSSR count). The number of hydrogen-bond acceptors (Lipinski definition) is 9. The lowest BCUT2D eigenvalue weighted by molar-refractivity contribution is -0.160. The number of nitrogens with zero attached hydrogens (tertiary/aromatic N) is 1.